The second-order valence-corrected chi connectivity index (χ2v) is 4.60. The first-order valence-electron chi connectivity index (χ1n) is 6.30. The molecule has 106 valence electrons. The highest BCUT2D eigenvalue weighted by molar-refractivity contribution is 9.09. The highest BCUT2D eigenvalue weighted by Gasteiger charge is 2.25. The Balaban J connectivity index is 0.000000796. The van der Waals surface area contributed by atoms with E-state index < -0.39 is 0 Å². The Morgan fingerprint density at radius 1 is 1.60 bits per heavy atom. The Morgan fingerprint density at radius 2 is 2.15 bits per heavy atom. The predicted molar refractivity (Wildman–Crippen MR) is 80.5 cm³/mol. The van der Waals surface area contributed by atoms with Gasteiger partial charge >= 0.3 is 5.97 Å². The molecule has 1 saturated carbocycles. The molecule has 0 N–H and O–H groups in total. The van der Waals surface area contributed by atoms with Gasteiger partial charge in [-0.05, 0) is 32.6 Å². The number of terminal acetylenes is 1. The Morgan fingerprint density at radius 3 is 2.50 bits per heavy atom. The minimum Gasteiger partial charge on any atom is -0.466 e. The van der Waals surface area contributed by atoms with Crippen molar-refractivity contribution in [2.75, 3.05) is 11.9 Å². The zero-order valence-corrected chi connectivity index (χ0v) is 13.1. The number of nitrogens with zero attached hydrogens (tertiary/aromatic N) is 2. The summed E-state index contributed by atoms with van der Waals surface area (Å²) in [5.74, 6) is 2.14. The molecule has 1 aliphatic rings. The van der Waals surface area contributed by atoms with Gasteiger partial charge in [0.15, 0.2) is 0 Å². The van der Waals surface area contributed by atoms with Crippen molar-refractivity contribution in [3.05, 3.63) is 22.7 Å². The van der Waals surface area contributed by atoms with Crippen LogP contribution in [0.25, 0.3) is 4.85 Å². The Kier molecular flexibility index (Phi) is 10.1. The fourth-order valence-corrected chi connectivity index (χ4v) is 1.88. The van der Waals surface area contributed by atoms with Crippen molar-refractivity contribution in [1.82, 2.24) is 0 Å². The monoisotopic (exact) mass is 336 g/mol. The van der Waals surface area contributed by atoms with Crippen LogP contribution in [0.4, 0.5) is 0 Å². The molecule has 0 aromatic carbocycles. The number of hydrogen-bond donors (Lipinski definition) is 0. The molecule has 0 aromatic heterocycles. The van der Waals surface area contributed by atoms with Gasteiger partial charge in [-0.3, -0.25) is 4.79 Å². The van der Waals surface area contributed by atoms with Crippen LogP contribution in [0.1, 0.15) is 32.6 Å². The molecule has 0 unspecified atom stereocenters. The standard InChI is InChI=1S/C12H14N2O2.C3H3Br/c1-3-16-12(15)10-6-4-9(5-7-10)11(8-13)14-2;1-2-3-4/h10H,3-7H2,1H3;1H,3H2. The normalized spacial score (nSPS) is 16.6. The van der Waals surface area contributed by atoms with E-state index in [0.29, 0.717) is 37.6 Å². The average molecular weight is 337 g/mol. The summed E-state index contributed by atoms with van der Waals surface area (Å²) < 4.78 is 4.95. The maximum Gasteiger partial charge on any atom is 0.308 e. The number of carbonyl (C=O) groups is 1. The lowest BCUT2D eigenvalue weighted by atomic mass is 9.85. The van der Waals surface area contributed by atoms with E-state index in [2.05, 4.69) is 26.7 Å². The van der Waals surface area contributed by atoms with Crippen LogP contribution in [0.3, 0.4) is 0 Å². The lowest BCUT2D eigenvalue weighted by Crippen LogP contribution is -2.21. The van der Waals surface area contributed by atoms with E-state index in [-0.39, 0.29) is 17.6 Å². The first kappa shape index (κ1) is 18.2. The minimum atomic E-state index is -0.150. The molecule has 0 saturated heterocycles. The van der Waals surface area contributed by atoms with Gasteiger partial charge in [-0.25, -0.2) is 10.1 Å². The second kappa shape index (κ2) is 11.1. The quantitative estimate of drug-likeness (QED) is 0.255. The van der Waals surface area contributed by atoms with E-state index in [1.54, 1.807) is 6.92 Å². The summed E-state index contributed by atoms with van der Waals surface area (Å²) in [6, 6.07) is 1.90. The molecule has 0 radical (unpaired) electrons. The third-order valence-electron chi connectivity index (χ3n) is 2.84. The summed E-state index contributed by atoms with van der Waals surface area (Å²) >= 11 is 3.01. The van der Waals surface area contributed by atoms with Crippen LogP contribution in [0.5, 0.6) is 0 Å². The van der Waals surface area contributed by atoms with Crippen molar-refractivity contribution in [2.24, 2.45) is 5.92 Å². The van der Waals surface area contributed by atoms with Crippen molar-refractivity contribution < 1.29 is 9.53 Å². The van der Waals surface area contributed by atoms with Crippen molar-refractivity contribution in [1.29, 1.82) is 5.26 Å². The van der Waals surface area contributed by atoms with Crippen LogP contribution in [0, 0.1) is 36.2 Å². The molecular weight excluding hydrogens is 320 g/mol. The zero-order valence-electron chi connectivity index (χ0n) is 11.5. The van der Waals surface area contributed by atoms with Gasteiger partial charge in [-0.15, -0.1) is 6.42 Å². The Hall–Kier alpha value is -1.77. The first-order chi connectivity index (χ1) is 9.64. The van der Waals surface area contributed by atoms with E-state index in [1.165, 1.54) is 0 Å². The molecule has 1 aliphatic carbocycles. The molecule has 0 aromatic rings. The van der Waals surface area contributed by atoms with Crippen LogP contribution in [-0.2, 0) is 9.53 Å². The van der Waals surface area contributed by atoms with E-state index in [1.807, 2.05) is 6.07 Å². The van der Waals surface area contributed by atoms with Crippen molar-refractivity contribution in [2.45, 2.75) is 32.6 Å². The van der Waals surface area contributed by atoms with Gasteiger partial charge in [-0.2, -0.15) is 0 Å². The van der Waals surface area contributed by atoms with E-state index in [4.69, 9.17) is 23.0 Å². The fourth-order valence-electron chi connectivity index (χ4n) is 1.88. The third-order valence-corrected chi connectivity index (χ3v) is 3.16. The molecule has 0 aliphatic heterocycles. The minimum absolute atomic E-state index is 0.0608. The number of carbonyl (C=O) groups excluding carboxylic acids is 1. The van der Waals surface area contributed by atoms with E-state index in [9.17, 15) is 4.79 Å². The van der Waals surface area contributed by atoms with Crippen LogP contribution in [0.15, 0.2) is 11.3 Å². The first-order valence-corrected chi connectivity index (χ1v) is 7.42. The van der Waals surface area contributed by atoms with Gasteiger partial charge < -0.3 is 4.74 Å². The highest BCUT2D eigenvalue weighted by atomic mass is 79.9. The lowest BCUT2D eigenvalue weighted by molar-refractivity contribution is -0.148. The molecule has 0 bridgehead atoms. The highest BCUT2D eigenvalue weighted by Crippen LogP contribution is 2.31. The van der Waals surface area contributed by atoms with Crippen LogP contribution >= 0.6 is 15.9 Å². The number of alkyl halides is 1. The largest absolute Gasteiger partial charge is 0.466 e. The van der Waals surface area contributed by atoms with Gasteiger partial charge in [0.1, 0.15) is 0 Å². The third kappa shape index (κ3) is 6.41. The number of rotatable bonds is 2. The van der Waals surface area contributed by atoms with E-state index >= 15 is 0 Å². The Bertz CT molecular complexity index is 452. The summed E-state index contributed by atoms with van der Waals surface area (Å²) in [5, 5.41) is 9.38. The van der Waals surface area contributed by atoms with Gasteiger partial charge in [0, 0.05) is 0 Å². The maximum atomic E-state index is 11.4. The van der Waals surface area contributed by atoms with Crippen LogP contribution < -0.4 is 0 Å². The van der Waals surface area contributed by atoms with Crippen LogP contribution in [-0.4, -0.2) is 17.9 Å². The summed E-state index contributed by atoms with van der Waals surface area (Å²) in [4.78, 5) is 14.6. The van der Waals surface area contributed by atoms with Crippen molar-refractivity contribution in [3.8, 4) is 18.4 Å². The SMILES string of the molecule is C#CCBr.[C-]#[N+]C(C#N)=C1CCC(C(=O)OCC)CC1. The number of nitriles is 1. The molecule has 0 spiro atoms. The summed E-state index contributed by atoms with van der Waals surface area (Å²) in [7, 11) is 0. The number of esters is 1. The van der Waals surface area contributed by atoms with Gasteiger partial charge in [0.2, 0.25) is 0 Å². The molecule has 20 heavy (non-hydrogen) atoms. The predicted octanol–water partition coefficient (Wildman–Crippen LogP) is 3.45. The molecule has 0 amide bonds. The van der Waals surface area contributed by atoms with Gasteiger partial charge in [-0.1, -0.05) is 27.4 Å². The molecular formula is C15H17BrN2O2. The zero-order chi connectivity index (χ0) is 15.4. The lowest BCUT2D eigenvalue weighted by Gasteiger charge is -2.22. The summed E-state index contributed by atoms with van der Waals surface area (Å²) in [5.41, 5.74) is 1.08. The van der Waals surface area contributed by atoms with Gasteiger partial charge in [0.25, 0.3) is 5.70 Å². The molecule has 0 heterocycles. The summed E-state index contributed by atoms with van der Waals surface area (Å²) in [6.45, 7) is 9.05. The Labute approximate surface area is 128 Å². The topological polar surface area (TPSA) is 54.5 Å². The molecule has 5 heteroatoms. The van der Waals surface area contributed by atoms with Crippen molar-refractivity contribution >= 4 is 21.9 Å². The molecule has 0 atom stereocenters. The number of allylic oxidation sites excluding steroid dienone is 2. The number of hydrogen-bond acceptors (Lipinski definition) is 3. The number of ether oxygens (including phenoxy) is 1. The smallest absolute Gasteiger partial charge is 0.308 e. The average Bonchev–Trinajstić information content (AvgIpc) is 2.49. The molecule has 1 rings (SSSR count). The van der Waals surface area contributed by atoms with E-state index in [0.717, 1.165) is 5.57 Å². The molecule has 4 nitrogen and oxygen atoms in total. The van der Waals surface area contributed by atoms with Gasteiger partial charge in [0.05, 0.1) is 30.5 Å². The fraction of sp³-hybridized carbons (Fsp3) is 0.533. The second-order valence-electron chi connectivity index (χ2n) is 4.04. The molecule has 1 fully saturated rings. The van der Waals surface area contributed by atoms with Crippen LogP contribution in [0.2, 0.25) is 0 Å². The number of halogens is 1. The van der Waals surface area contributed by atoms with Crippen molar-refractivity contribution in [3.63, 3.8) is 0 Å². The summed E-state index contributed by atoms with van der Waals surface area (Å²) in [6.07, 6.45) is 7.43. The maximum absolute atomic E-state index is 11.4.